The van der Waals surface area contributed by atoms with Crippen molar-refractivity contribution in [2.45, 2.75) is 37.5 Å². The van der Waals surface area contributed by atoms with E-state index >= 15 is 0 Å². The molecule has 25 heavy (non-hydrogen) atoms. The lowest BCUT2D eigenvalue weighted by atomic mass is 9.98. The van der Waals surface area contributed by atoms with Crippen LogP contribution < -0.4 is 0 Å². The number of rotatable bonds is 6. The molecule has 2 heterocycles. The molecule has 5 heteroatoms. The van der Waals surface area contributed by atoms with E-state index in [1.165, 1.54) is 12.1 Å². The monoisotopic (exact) mass is 358 g/mol. The zero-order chi connectivity index (χ0) is 17.5. The summed E-state index contributed by atoms with van der Waals surface area (Å²) in [6.45, 7) is 0.822. The number of likely N-dealkylation sites (tertiary alicyclic amines) is 1. The maximum Gasteiger partial charge on any atom is 0.223 e. The number of hydrogen-bond acceptors (Lipinski definition) is 3. The van der Waals surface area contributed by atoms with Crippen LogP contribution in [0.5, 0.6) is 0 Å². The number of hydrogen-bond donors (Lipinski definition) is 0. The largest absolute Gasteiger partial charge is 0.334 e. The Morgan fingerprint density at radius 1 is 1.20 bits per heavy atom. The number of carbonyl (C=O) groups excluding carboxylic acids is 1. The van der Waals surface area contributed by atoms with Crippen LogP contribution in [0.2, 0.25) is 0 Å². The maximum atomic E-state index is 12.9. The Hall–Kier alpha value is -1.88. The van der Waals surface area contributed by atoms with Gasteiger partial charge in [-0.15, -0.1) is 0 Å². The summed E-state index contributed by atoms with van der Waals surface area (Å²) in [4.78, 5) is 19.1. The van der Waals surface area contributed by atoms with Crippen molar-refractivity contribution in [3.8, 4) is 0 Å². The SMILES string of the molecule is O=C(CCSCc1ccc(F)cc1)N1CCCCC1c1ccccn1. The molecule has 1 atom stereocenters. The zero-order valence-corrected chi connectivity index (χ0v) is 15.1. The topological polar surface area (TPSA) is 33.2 Å². The second kappa shape index (κ2) is 8.99. The third-order valence-corrected chi connectivity index (χ3v) is 5.52. The molecule has 1 aliphatic heterocycles. The minimum Gasteiger partial charge on any atom is -0.334 e. The third kappa shape index (κ3) is 5.05. The summed E-state index contributed by atoms with van der Waals surface area (Å²) in [7, 11) is 0. The Kier molecular flexibility index (Phi) is 6.45. The highest BCUT2D eigenvalue weighted by Crippen LogP contribution is 2.30. The van der Waals surface area contributed by atoms with Gasteiger partial charge in [-0.05, 0) is 49.1 Å². The summed E-state index contributed by atoms with van der Waals surface area (Å²) < 4.78 is 12.9. The van der Waals surface area contributed by atoms with Gasteiger partial charge in [0.05, 0.1) is 11.7 Å². The maximum absolute atomic E-state index is 12.9. The molecular formula is C20H23FN2OS. The number of benzene rings is 1. The van der Waals surface area contributed by atoms with Gasteiger partial charge in [0.25, 0.3) is 0 Å². The lowest BCUT2D eigenvalue weighted by molar-refractivity contribution is -0.134. The van der Waals surface area contributed by atoms with E-state index in [4.69, 9.17) is 0 Å². The predicted octanol–water partition coefficient (Wildman–Crippen LogP) is 4.60. The van der Waals surface area contributed by atoms with E-state index in [2.05, 4.69) is 4.98 Å². The standard InChI is InChI=1S/C20H23FN2OS/c21-17-9-7-16(8-10-17)15-25-14-11-20(24)23-13-4-2-6-19(23)18-5-1-3-12-22-18/h1,3,5,7-10,12,19H,2,4,6,11,13-15H2. The molecule has 1 saturated heterocycles. The molecule has 132 valence electrons. The fourth-order valence-corrected chi connectivity index (χ4v) is 4.08. The van der Waals surface area contributed by atoms with Gasteiger partial charge in [-0.25, -0.2) is 4.39 Å². The average Bonchev–Trinajstić information content (AvgIpc) is 2.67. The van der Waals surface area contributed by atoms with E-state index < -0.39 is 0 Å². The summed E-state index contributed by atoms with van der Waals surface area (Å²) in [6, 6.07) is 12.6. The second-order valence-corrected chi connectivity index (χ2v) is 7.39. The minimum absolute atomic E-state index is 0.115. The van der Waals surface area contributed by atoms with Gasteiger partial charge in [-0.1, -0.05) is 18.2 Å². The second-order valence-electron chi connectivity index (χ2n) is 6.28. The Morgan fingerprint density at radius 3 is 2.80 bits per heavy atom. The first-order chi connectivity index (χ1) is 12.2. The molecule has 2 aromatic rings. The molecule has 1 aromatic heterocycles. The lowest BCUT2D eigenvalue weighted by Crippen LogP contribution is -2.39. The van der Waals surface area contributed by atoms with Gasteiger partial charge in [0, 0.05) is 30.7 Å². The van der Waals surface area contributed by atoms with Crippen LogP contribution in [0.1, 0.15) is 43.0 Å². The van der Waals surface area contributed by atoms with E-state index in [1.54, 1.807) is 30.1 Å². The Bertz CT molecular complexity index is 678. The van der Waals surface area contributed by atoms with Crippen LogP contribution in [-0.2, 0) is 10.5 Å². The van der Waals surface area contributed by atoms with Crippen molar-refractivity contribution in [3.63, 3.8) is 0 Å². The molecule has 0 saturated carbocycles. The van der Waals surface area contributed by atoms with Crippen LogP contribution in [0.3, 0.4) is 0 Å². The number of halogens is 1. The molecule has 0 radical (unpaired) electrons. The van der Waals surface area contributed by atoms with Crippen molar-refractivity contribution in [2.75, 3.05) is 12.3 Å². The first-order valence-electron chi connectivity index (χ1n) is 8.76. The van der Waals surface area contributed by atoms with Gasteiger partial charge in [-0.2, -0.15) is 11.8 Å². The smallest absolute Gasteiger partial charge is 0.223 e. The Balaban J connectivity index is 1.50. The molecule has 0 aliphatic carbocycles. The van der Waals surface area contributed by atoms with Crippen molar-refractivity contribution < 1.29 is 9.18 Å². The molecule has 0 spiro atoms. The zero-order valence-electron chi connectivity index (χ0n) is 14.2. The molecule has 1 unspecified atom stereocenters. The molecule has 0 N–H and O–H groups in total. The van der Waals surface area contributed by atoms with Crippen LogP contribution in [0.25, 0.3) is 0 Å². The summed E-state index contributed by atoms with van der Waals surface area (Å²) in [5.41, 5.74) is 2.08. The number of carbonyl (C=O) groups is 1. The Morgan fingerprint density at radius 2 is 2.04 bits per heavy atom. The molecular weight excluding hydrogens is 335 g/mol. The number of nitrogens with zero attached hydrogens (tertiary/aromatic N) is 2. The number of pyridine rings is 1. The van der Waals surface area contributed by atoms with Gasteiger partial charge in [0.2, 0.25) is 5.91 Å². The van der Waals surface area contributed by atoms with Crippen molar-refractivity contribution >= 4 is 17.7 Å². The fourth-order valence-electron chi connectivity index (χ4n) is 3.18. The number of amides is 1. The number of thioether (sulfide) groups is 1. The molecule has 1 amide bonds. The van der Waals surface area contributed by atoms with Crippen LogP contribution in [0, 0.1) is 5.82 Å². The van der Waals surface area contributed by atoms with E-state index in [0.29, 0.717) is 6.42 Å². The quantitative estimate of drug-likeness (QED) is 0.708. The molecule has 1 aromatic carbocycles. The Labute approximate surface area is 152 Å². The lowest BCUT2D eigenvalue weighted by Gasteiger charge is -2.35. The van der Waals surface area contributed by atoms with Crippen molar-refractivity contribution in [1.82, 2.24) is 9.88 Å². The third-order valence-electron chi connectivity index (χ3n) is 4.49. The first kappa shape index (κ1) is 17.9. The molecule has 3 nitrogen and oxygen atoms in total. The van der Waals surface area contributed by atoms with Gasteiger partial charge < -0.3 is 4.90 Å². The van der Waals surface area contributed by atoms with Crippen molar-refractivity contribution in [3.05, 3.63) is 65.7 Å². The normalized spacial score (nSPS) is 17.5. The van der Waals surface area contributed by atoms with Crippen LogP contribution in [0.4, 0.5) is 4.39 Å². The number of aromatic nitrogens is 1. The van der Waals surface area contributed by atoms with E-state index in [0.717, 1.165) is 48.6 Å². The first-order valence-corrected chi connectivity index (χ1v) is 9.92. The van der Waals surface area contributed by atoms with E-state index in [9.17, 15) is 9.18 Å². The van der Waals surface area contributed by atoms with Gasteiger partial charge >= 0.3 is 0 Å². The average molecular weight is 358 g/mol. The fraction of sp³-hybridized carbons (Fsp3) is 0.400. The van der Waals surface area contributed by atoms with Gasteiger partial charge in [-0.3, -0.25) is 9.78 Å². The van der Waals surface area contributed by atoms with Crippen LogP contribution in [-0.4, -0.2) is 28.1 Å². The predicted molar refractivity (Wildman–Crippen MR) is 99.7 cm³/mol. The summed E-state index contributed by atoms with van der Waals surface area (Å²) in [5, 5.41) is 0. The minimum atomic E-state index is -0.213. The van der Waals surface area contributed by atoms with Crippen molar-refractivity contribution in [2.24, 2.45) is 0 Å². The molecule has 0 bridgehead atoms. The van der Waals surface area contributed by atoms with E-state index in [1.807, 2.05) is 23.1 Å². The highest BCUT2D eigenvalue weighted by molar-refractivity contribution is 7.98. The van der Waals surface area contributed by atoms with Gasteiger partial charge in [0.1, 0.15) is 5.82 Å². The van der Waals surface area contributed by atoms with Crippen LogP contribution >= 0.6 is 11.8 Å². The summed E-state index contributed by atoms with van der Waals surface area (Å²) in [6.07, 6.45) is 5.54. The van der Waals surface area contributed by atoms with Gasteiger partial charge in [0.15, 0.2) is 0 Å². The van der Waals surface area contributed by atoms with E-state index in [-0.39, 0.29) is 17.8 Å². The molecule has 1 fully saturated rings. The molecule has 3 rings (SSSR count). The van der Waals surface area contributed by atoms with Crippen LogP contribution in [0.15, 0.2) is 48.7 Å². The summed E-state index contributed by atoms with van der Waals surface area (Å²) >= 11 is 1.72. The van der Waals surface area contributed by atoms with Crippen molar-refractivity contribution in [1.29, 1.82) is 0 Å². The highest BCUT2D eigenvalue weighted by atomic mass is 32.2. The highest BCUT2D eigenvalue weighted by Gasteiger charge is 2.28. The summed E-state index contributed by atoms with van der Waals surface area (Å²) in [5.74, 6) is 1.58. The number of piperidine rings is 1. The molecule has 1 aliphatic rings.